The summed E-state index contributed by atoms with van der Waals surface area (Å²) in [6.07, 6.45) is 1.50. The van der Waals surface area contributed by atoms with Gasteiger partial charge in [0.05, 0.1) is 0 Å². The molecular formula is C20H16N3OP. The molecule has 4 nitrogen and oxygen atoms in total. The van der Waals surface area contributed by atoms with Crippen LogP contribution >= 0.6 is 8.15 Å². The Hall–Kier alpha value is -2.97. The predicted molar refractivity (Wildman–Crippen MR) is 102 cm³/mol. The summed E-state index contributed by atoms with van der Waals surface area (Å²) in [5.74, 6) is 1.54. The third kappa shape index (κ3) is 3.59. The monoisotopic (exact) mass is 345 g/mol. The largest absolute Gasteiger partial charge is 0.464 e. The van der Waals surface area contributed by atoms with E-state index in [0.717, 1.165) is 17.1 Å². The Labute approximate surface area is 147 Å². The second kappa shape index (κ2) is 7.29. The maximum absolute atomic E-state index is 6.43. The fourth-order valence-corrected chi connectivity index (χ4v) is 4.25. The molecule has 1 heterocycles. The van der Waals surface area contributed by atoms with Crippen molar-refractivity contribution in [2.45, 2.75) is 0 Å². The minimum Gasteiger partial charge on any atom is -0.464 e. The van der Waals surface area contributed by atoms with Gasteiger partial charge in [-0.2, -0.15) is 5.10 Å². The molecule has 0 amide bonds. The summed E-state index contributed by atoms with van der Waals surface area (Å²) in [6.45, 7) is 0. The van der Waals surface area contributed by atoms with Crippen molar-refractivity contribution in [3.63, 3.8) is 0 Å². The Balaban J connectivity index is 1.69. The highest BCUT2D eigenvalue weighted by molar-refractivity contribution is 7.68. The zero-order valence-corrected chi connectivity index (χ0v) is 14.3. The van der Waals surface area contributed by atoms with E-state index < -0.39 is 8.15 Å². The smallest absolute Gasteiger partial charge is 0.155 e. The fraction of sp³-hybridized carbons (Fsp3) is 0. The van der Waals surface area contributed by atoms with Crippen molar-refractivity contribution < 1.29 is 4.52 Å². The number of aromatic amines is 1. The number of benzene rings is 3. The zero-order chi connectivity index (χ0) is 16.9. The third-order valence-electron chi connectivity index (χ3n) is 3.70. The molecule has 0 aliphatic carbocycles. The molecule has 0 aliphatic rings. The van der Waals surface area contributed by atoms with Crippen LogP contribution < -0.4 is 15.1 Å². The molecule has 0 saturated heterocycles. The normalized spacial score (nSPS) is 10.8. The number of aromatic nitrogens is 3. The summed E-state index contributed by atoms with van der Waals surface area (Å²) < 4.78 is 6.43. The number of nitrogens with one attached hydrogen (secondary N) is 1. The Morgan fingerprint density at radius 2 is 1.44 bits per heavy atom. The molecule has 0 atom stereocenters. The molecule has 1 aromatic heterocycles. The number of hydrogen-bond donors (Lipinski definition) is 1. The highest BCUT2D eigenvalue weighted by atomic mass is 31.1. The summed E-state index contributed by atoms with van der Waals surface area (Å²) in [7, 11) is -0.943. The minimum atomic E-state index is -0.943. The molecule has 4 aromatic rings. The standard InChI is InChI=1S/C20H16N3OP/c1-3-10-18(11-4-1)25(19-12-5-2-6-13-19)24-17-9-7-8-16(14-17)20-21-15-22-23-20/h1-15H,(H,21,22,23). The molecule has 0 radical (unpaired) electrons. The van der Waals surface area contributed by atoms with Crippen molar-refractivity contribution in [2.75, 3.05) is 0 Å². The van der Waals surface area contributed by atoms with Gasteiger partial charge in [0.1, 0.15) is 12.1 Å². The fourth-order valence-electron chi connectivity index (χ4n) is 2.53. The van der Waals surface area contributed by atoms with Crippen LogP contribution in [0.25, 0.3) is 11.4 Å². The predicted octanol–water partition coefficient (Wildman–Crippen LogP) is 3.90. The van der Waals surface area contributed by atoms with E-state index >= 15 is 0 Å². The van der Waals surface area contributed by atoms with E-state index in [0.29, 0.717) is 0 Å². The molecule has 0 spiro atoms. The van der Waals surface area contributed by atoms with E-state index in [-0.39, 0.29) is 0 Å². The van der Waals surface area contributed by atoms with Crippen LogP contribution in [0.2, 0.25) is 0 Å². The van der Waals surface area contributed by atoms with Gasteiger partial charge in [-0.15, -0.1) is 0 Å². The number of H-pyrrole nitrogens is 1. The number of hydrogen-bond acceptors (Lipinski definition) is 3. The van der Waals surface area contributed by atoms with Crippen molar-refractivity contribution in [3.8, 4) is 17.1 Å². The SMILES string of the molecule is c1ccc(P(Oc2cccc(-c3ncn[nH]3)c2)c2ccccc2)cc1. The summed E-state index contributed by atoms with van der Waals surface area (Å²) in [6, 6.07) is 28.6. The topological polar surface area (TPSA) is 50.8 Å². The van der Waals surface area contributed by atoms with Gasteiger partial charge in [0, 0.05) is 16.2 Å². The third-order valence-corrected chi connectivity index (χ3v) is 5.63. The van der Waals surface area contributed by atoms with Gasteiger partial charge in [-0.1, -0.05) is 72.8 Å². The minimum absolute atomic E-state index is 0.731. The van der Waals surface area contributed by atoms with E-state index in [4.69, 9.17) is 4.52 Å². The Kier molecular flexibility index (Phi) is 4.53. The molecule has 25 heavy (non-hydrogen) atoms. The van der Waals surface area contributed by atoms with E-state index in [1.165, 1.54) is 16.9 Å². The molecule has 0 fully saturated rings. The second-order valence-electron chi connectivity index (χ2n) is 5.42. The average Bonchev–Trinajstić information content (AvgIpc) is 3.23. The maximum atomic E-state index is 6.43. The molecule has 0 saturated carbocycles. The number of nitrogens with zero attached hydrogens (tertiary/aromatic N) is 2. The van der Waals surface area contributed by atoms with Crippen LogP contribution in [-0.4, -0.2) is 15.2 Å². The highest BCUT2D eigenvalue weighted by Gasteiger charge is 2.17. The Bertz CT molecular complexity index is 888. The van der Waals surface area contributed by atoms with Crippen LogP contribution in [0.1, 0.15) is 0 Å². The van der Waals surface area contributed by atoms with E-state index in [2.05, 4.69) is 39.4 Å². The lowest BCUT2D eigenvalue weighted by atomic mass is 10.2. The van der Waals surface area contributed by atoms with E-state index in [9.17, 15) is 0 Å². The van der Waals surface area contributed by atoms with Gasteiger partial charge in [-0.3, -0.25) is 5.10 Å². The van der Waals surface area contributed by atoms with Crippen molar-refractivity contribution in [2.24, 2.45) is 0 Å². The lowest BCUT2D eigenvalue weighted by Gasteiger charge is -2.19. The van der Waals surface area contributed by atoms with Gasteiger partial charge < -0.3 is 4.52 Å². The molecule has 5 heteroatoms. The van der Waals surface area contributed by atoms with Gasteiger partial charge in [0.15, 0.2) is 14.0 Å². The summed E-state index contributed by atoms with van der Waals surface area (Å²) in [4.78, 5) is 4.21. The molecule has 0 unspecified atom stereocenters. The van der Waals surface area contributed by atoms with Crippen LogP contribution in [-0.2, 0) is 0 Å². The Morgan fingerprint density at radius 3 is 2.04 bits per heavy atom. The van der Waals surface area contributed by atoms with Crippen molar-refractivity contribution >= 4 is 18.8 Å². The van der Waals surface area contributed by atoms with E-state index in [1.54, 1.807) is 0 Å². The first-order valence-electron chi connectivity index (χ1n) is 7.94. The summed E-state index contributed by atoms with van der Waals surface area (Å²) >= 11 is 0. The second-order valence-corrected chi connectivity index (χ2v) is 7.22. The first-order valence-corrected chi connectivity index (χ1v) is 9.20. The van der Waals surface area contributed by atoms with Gasteiger partial charge in [0.2, 0.25) is 0 Å². The lowest BCUT2D eigenvalue weighted by molar-refractivity contribution is 0.630. The zero-order valence-electron chi connectivity index (χ0n) is 13.4. The first kappa shape index (κ1) is 15.6. The maximum Gasteiger partial charge on any atom is 0.155 e. The Morgan fingerprint density at radius 1 is 0.760 bits per heavy atom. The van der Waals surface area contributed by atoms with Gasteiger partial charge in [0.25, 0.3) is 0 Å². The van der Waals surface area contributed by atoms with Crippen molar-refractivity contribution in [1.29, 1.82) is 0 Å². The van der Waals surface area contributed by atoms with Gasteiger partial charge in [-0.25, -0.2) is 4.98 Å². The molecule has 1 N–H and O–H groups in total. The van der Waals surface area contributed by atoms with Crippen molar-refractivity contribution in [1.82, 2.24) is 15.2 Å². The van der Waals surface area contributed by atoms with Crippen molar-refractivity contribution in [3.05, 3.63) is 91.3 Å². The summed E-state index contributed by atoms with van der Waals surface area (Å²) in [5, 5.41) is 9.15. The van der Waals surface area contributed by atoms with Crippen LogP contribution in [0.15, 0.2) is 91.3 Å². The van der Waals surface area contributed by atoms with Crippen LogP contribution in [0.5, 0.6) is 5.75 Å². The quantitative estimate of drug-likeness (QED) is 0.558. The highest BCUT2D eigenvalue weighted by Crippen LogP contribution is 2.37. The van der Waals surface area contributed by atoms with Crippen LogP contribution in [0.3, 0.4) is 0 Å². The number of rotatable bonds is 5. The van der Waals surface area contributed by atoms with Gasteiger partial charge >= 0.3 is 0 Å². The molecule has 0 aliphatic heterocycles. The molecule has 0 bridgehead atoms. The molecule has 3 aromatic carbocycles. The first-order chi connectivity index (χ1) is 12.4. The lowest BCUT2D eigenvalue weighted by Crippen LogP contribution is -2.15. The molecule has 122 valence electrons. The van der Waals surface area contributed by atoms with Crippen LogP contribution in [0.4, 0.5) is 0 Å². The summed E-state index contributed by atoms with van der Waals surface area (Å²) in [5.41, 5.74) is 0.950. The molecule has 4 rings (SSSR count). The molecular weight excluding hydrogens is 329 g/mol. The average molecular weight is 345 g/mol. The van der Waals surface area contributed by atoms with Gasteiger partial charge in [-0.05, 0) is 12.1 Å². The van der Waals surface area contributed by atoms with Crippen LogP contribution in [0, 0.1) is 0 Å². The van der Waals surface area contributed by atoms with E-state index in [1.807, 2.05) is 60.7 Å².